The first kappa shape index (κ1) is 13.6. The summed E-state index contributed by atoms with van der Waals surface area (Å²) in [5, 5.41) is 3.79. The molecule has 0 amide bonds. The summed E-state index contributed by atoms with van der Waals surface area (Å²) in [6, 6.07) is 0. The van der Waals surface area contributed by atoms with Crippen LogP contribution in [0.2, 0.25) is 0 Å². The average molecular weight is 293 g/mol. The fourth-order valence-corrected chi connectivity index (χ4v) is 3.64. The topological polar surface area (TPSA) is 27.6 Å². The summed E-state index contributed by atoms with van der Waals surface area (Å²) in [5.74, 6) is 0.615. The van der Waals surface area contributed by atoms with E-state index in [0.717, 1.165) is 32.2 Å². The predicted molar refractivity (Wildman–Crippen MR) is 91.2 cm³/mol. The van der Waals surface area contributed by atoms with Crippen LogP contribution in [0.1, 0.15) is 32.6 Å². The van der Waals surface area contributed by atoms with Crippen LogP contribution in [0.4, 0.5) is 0 Å². The highest BCUT2D eigenvalue weighted by Crippen LogP contribution is 2.37. The normalized spacial score (nSPS) is 30.1. The monoisotopic (exact) mass is 293 g/mol. The van der Waals surface area contributed by atoms with Gasteiger partial charge in [-0.1, -0.05) is 31.2 Å². The lowest BCUT2D eigenvalue weighted by molar-refractivity contribution is 0.357. The van der Waals surface area contributed by atoms with E-state index in [-0.39, 0.29) is 6.17 Å². The van der Waals surface area contributed by atoms with Crippen molar-refractivity contribution in [1.82, 2.24) is 10.2 Å². The second kappa shape index (κ2) is 5.64. The van der Waals surface area contributed by atoms with Gasteiger partial charge in [-0.25, -0.2) is 0 Å². The fourth-order valence-electron chi connectivity index (χ4n) is 3.64. The van der Waals surface area contributed by atoms with Crippen LogP contribution in [-0.4, -0.2) is 23.8 Å². The number of hydrogen-bond donors (Lipinski definition) is 1. The molecule has 0 radical (unpaired) electrons. The Morgan fingerprint density at radius 2 is 2.23 bits per heavy atom. The molecule has 0 aromatic heterocycles. The van der Waals surface area contributed by atoms with Crippen molar-refractivity contribution >= 4 is 6.21 Å². The molecule has 1 N–H and O–H groups in total. The molecule has 3 heteroatoms. The zero-order valence-electron chi connectivity index (χ0n) is 13.1. The molecule has 2 aliphatic heterocycles. The maximum atomic E-state index is 4.34. The van der Waals surface area contributed by atoms with Crippen molar-refractivity contribution in [3.8, 4) is 0 Å². The minimum Gasteiger partial charge on any atom is -0.363 e. The van der Waals surface area contributed by atoms with Gasteiger partial charge in [-0.2, -0.15) is 0 Å². The molecular formula is C19H23N3. The Kier molecular flexibility index (Phi) is 3.49. The van der Waals surface area contributed by atoms with Gasteiger partial charge in [-0.05, 0) is 42.9 Å². The maximum Gasteiger partial charge on any atom is 0.129 e. The van der Waals surface area contributed by atoms with E-state index in [9.17, 15) is 0 Å². The van der Waals surface area contributed by atoms with Gasteiger partial charge < -0.3 is 10.2 Å². The molecule has 0 bridgehead atoms. The molecule has 2 aliphatic carbocycles. The highest BCUT2D eigenvalue weighted by Gasteiger charge is 2.35. The highest BCUT2D eigenvalue weighted by molar-refractivity contribution is 5.73. The summed E-state index contributed by atoms with van der Waals surface area (Å²) in [7, 11) is 0. The molecule has 2 unspecified atom stereocenters. The van der Waals surface area contributed by atoms with Crippen molar-refractivity contribution in [1.29, 1.82) is 0 Å². The van der Waals surface area contributed by atoms with E-state index in [4.69, 9.17) is 0 Å². The van der Waals surface area contributed by atoms with Crippen LogP contribution in [0.15, 0.2) is 64.1 Å². The van der Waals surface area contributed by atoms with Gasteiger partial charge in [0.2, 0.25) is 0 Å². The van der Waals surface area contributed by atoms with Crippen LogP contribution < -0.4 is 5.32 Å². The lowest BCUT2D eigenvalue weighted by atomic mass is 9.98. The highest BCUT2D eigenvalue weighted by atomic mass is 15.3. The van der Waals surface area contributed by atoms with Crippen LogP contribution in [0, 0.1) is 5.92 Å². The van der Waals surface area contributed by atoms with Crippen LogP contribution in [0.3, 0.4) is 0 Å². The number of rotatable bonds is 2. The third-order valence-electron chi connectivity index (χ3n) is 4.76. The molecule has 3 nitrogen and oxygen atoms in total. The Morgan fingerprint density at radius 1 is 1.27 bits per heavy atom. The molecule has 2 atom stereocenters. The van der Waals surface area contributed by atoms with Crippen LogP contribution in [0.5, 0.6) is 0 Å². The van der Waals surface area contributed by atoms with Crippen molar-refractivity contribution in [2.24, 2.45) is 10.9 Å². The van der Waals surface area contributed by atoms with E-state index in [1.165, 1.54) is 22.7 Å². The Labute approximate surface area is 132 Å². The SMILES string of the molecule is CC1C=CC2=C(C1)NC(C1=CCCC=C1)N2C1=CC=NCC1. The number of hydrogen-bond acceptors (Lipinski definition) is 3. The number of allylic oxidation sites excluding steroid dienone is 6. The molecule has 2 heterocycles. The van der Waals surface area contributed by atoms with Gasteiger partial charge in [0, 0.05) is 30.6 Å². The summed E-state index contributed by atoms with van der Waals surface area (Å²) in [6.45, 7) is 3.18. The first-order chi connectivity index (χ1) is 10.8. The second-order valence-electron chi connectivity index (χ2n) is 6.47. The lowest BCUT2D eigenvalue weighted by Gasteiger charge is -2.32. The van der Waals surface area contributed by atoms with Gasteiger partial charge in [0.05, 0.1) is 5.70 Å². The number of nitrogens with zero attached hydrogens (tertiary/aromatic N) is 2. The molecule has 0 spiro atoms. The molecule has 0 aromatic rings. The zero-order valence-corrected chi connectivity index (χ0v) is 13.1. The zero-order chi connectivity index (χ0) is 14.9. The summed E-state index contributed by atoms with van der Waals surface area (Å²) in [5.41, 5.74) is 5.51. The Hall–Kier alpha value is -2.03. The molecule has 4 rings (SSSR count). The number of nitrogens with one attached hydrogen (secondary N) is 1. The van der Waals surface area contributed by atoms with Gasteiger partial charge >= 0.3 is 0 Å². The second-order valence-corrected chi connectivity index (χ2v) is 6.47. The largest absolute Gasteiger partial charge is 0.363 e. The third kappa shape index (κ3) is 2.35. The molecule has 0 aromatic carbocycles. The van der Waals surface area contributed by atoms with Gasteiger partial charge in [0.15, 0.2) is 0 Å². The standard InChI is InChI=1S/C19H23N3/c1-14-7-8-18-17(13-14)21-19(15-5-3-2-4-6-15)22(18)16-9-11-20-12-10-16/h3,5-9,11,14,19,21H,2,4,10,12-13H2,1H3. The maximum absolute atomic E-state index is 4.34. The Balaban J connectivity index is 1.71. The fraction of sp³-hybridized carbons (Fsp3) is 0.421. The van der Waals surface area contributed by atoms with Crippen molar-refractivity contribution < 1.29 is 0 Å². The first-order valence-electron chi connectivity index (χ1n) is 8.35. The molecular weight excluding hydrogens is 270 g/mol. The molecule has 4 aliphatic rings. The van der Waals surface area contributed by atoms with E-state index in [1.54, 1.807) is 0 Å². The quantitative estimate of drug-likeness (QED) is 0.841. The van der Waals surface area contributed by atoms with Crippen molar-refractivity contribution in [2.45, 2.75) is 38.8 Å². The van der Waals surface area contributed by atoms with Gasteiger partial charge in [-0.3, -0.25) is 4.99 Å². The Morgan fingerprint density at radius 3 is 3.00 bits per heavy atom. The van der Waals surface area contributed by atoms with Crippen LogP contribution in [0.25, 0.3) is 0 Å². The minimum absolute atomic E-state index is 0.245. The summed E-state index contributed by atoms with van der Waals surface area (Å²) in [4.78, 5) is 6.83. The molecule has 0 fully saturated rings. The van der Waals surface area contributed by atoms with Gasteiger partial charge in [0.25, 0.3) is 0 Å². The van der Waals surface area contributed by atoms with E-state index in [0.29, 0.717) is 5.92 Å². The van der Waals surface area contributed by atoms with Crippen LogP contribution in [-0.2, 0) is 0 Å². The van der Waals surface area contributed by atoms with Crippen LogP contribution >= 0.6 is 0 Å². The van der Waals surface area contributed by atoms with Gasteiger partial charge in [0.1, 0.15) is 6.17 Å². The summed E-state index contributed by atoms with van der Waals surface area (Å²) < 4.78 is 0. The molecule has 0 saturated heterocycles. The van der Waals surface area contributed by atoms with Crippen molar-refractivity contribution in [3.63, 3.8) is 0 Å². The number of aliphatic imine (C=N–C) groups is 1. The van der Waals surface area contributed by atoms with E-state index in [2.05, 4.69) is 58.6 Å². The molecule has 22 heavy (non-hydrogen) atoms. The van der Waals surface area contributed by atoms with Crippen molar-refractivity contribution in [2.75, 3.05) is 6.54 Å². The molecule has 0 saturated carbocycles. The average Bonchev–Trinajstić information content (AvgIpc) is 2.95. The predicted octanol–water partition coefficient (Wildman–Crippen LogP) is 3.66. The molecule has 114 valence electrons. The first-order valence-corrected chi connectivity index (χ1v) is 8.35. The number of dihydropyridines is 1. The van der Waals surface area contributed by atoms with E-state index < -0.39 is 0 Å². The smallest absolute Gasteiger partial charge is 0.129 e. The van der Waals surface area contributed by atoms with Gasteiger partial charge in [-0.15, -0.1) is 0 Å². The minimum atomic E-state index is 0.245. The summed E-state index contributed by atoms with van der Waals surface area (Å²) >= 11 is 0. The van der Waals surface area contributed by atoms with E-state index in [1.807, 2.05) is 6.21 Å². The Bertz CT molecular complexity index is 646. The van der Waals surface area contributed by atoms with Crippen molar-refractivity contribution in [3.05, 3.63) is 59.1 Å². The summed E-state index contributed by atoms with van der Waals surface area (Å²) in [6.07, 6.45) is 20.4. The lowest BCUT2D eigenvalue weighted by Crippen LogP contribution is -2.38. The third-order valence-corrected chi connectivity index (χ3v) is 4.76. The van der Waals surface area contributed by atoms with E-state index >= 15 is 0 Å².